The van der Waals surface area contributed by atoms with Crippen LogP contribution in [0.25, 0.3) is 0 Å². The van der Waals surface area contributed by atoms with Gasteiger partial charge >= 0.3 is 0 Å². The number of nitrogens with zero attached hydrogens (tertiary/aromatic N) is 4. The van der Waals surface area contributed by atoms with Crippen LogP contribution in [0.4, 0.5) is 17.5 Å². The molecule has 0 fully saturated rings. The van der Waals surface area contributed by atoms with Gasteiger partial charge in [-0.15, -0.1) is 0 Å². The van der Waals surface area contributed by atoms with Crippen molar-refractivity contribution in [1.29, 1.82) is 0 Å². The molecule has 0 aliphatic rings. The molecule has 0 aliphatic heterocycles. The number of ether oxygens (including phenoxy) is 1. The molecule has 0 radical (unpaired) electrons. The highest BCUT2D eigenvalue weighted by Gasteiger charge is 2.13. The molecule has 152 valence electrons. The Morgan fingerprint density at radius 2 is 1.76 bits per heavy atom. The molecule has 0 bridgehead atoms. The van der Waals surface area contributed by atoms with Crippen LogP contribution in [0.15, 0.2) is 53.9 Å². The lowest BCUT2D eigenvalue weighted by Crippen LogP contribution is -2.29. The topological polar surface area (TPSA) is 131 Å². The summed E-state index contributed by atoms with van der Waals surface area (Å²) in [5.41, 5.74) is 1.45. The second-order valence-electron chi connectivity index (χ2n) is 5.97. The van der Waals surface area contributed by atoms with Gasteiger partial charge in [0.05, 0.1) is 30.1 Å². The minimum Gasteiger partial charge on any atom is -0.497 e. The zero-order valence-corrected chi connectivity index (χ0v) is 16.8. The summed E-state index contributed by atoms with van der Waals surface area (Å²) in [6.45, 7) is 2.32. The Balaban J connectivity index is 1.55. The van der Waals surface area contributed by atoms with Crippen molar-refractivity contribution < 1.29 is 13.2 Å². The van der Waals surface area contributed by atoms with Gasteiger partial charge in [0.1, 0.15) is 17.9 Å². The maximum absolute atomic E-state index is 12.3. The second-order valence-corrected chi connectivity index (χ2v) is 7.74. The first-order valence-electron chi connectivity index (χ1n) is 8.71. The average molecular weight is 415 g/mol. The average Bonchev–Trinajstić information content (AvgIpc) is 2.72. The SMILES string of the molecule is COc1ccc(S(=O)(=O)NCCNc2nc(C)cc(Nc3cncnc3)n2)cc1. The van der Waals surface area contributed by atoms with Crippen molar-refractivity contribution >= 4 is 27.5 Å². The predicted molar refractivity (Wildman–Crippen MR) is 109 cm³/mol. The molecule has 1 aromatic carbocycles. The number of hydrogen-bond acceptors (Lipinski definition) is 9. The molecular weight excluding hydrogens is 394 g/mol. The number of nitrogens with one attached hydrogen (secondary N) is 3. The standard InChI is InChI=1S/C18H21N7O3S/c1-13-9-17(24-14-10-19-12-20-11-14)25-18(23-13)21-7-8-22-29(26,27)16-5-3-15(28-2)4-6-16/h3-6,9-12,22H,7-8H2,1-2H3,(H2,21,23,24,25). The lowest BCUT2D eigenvalue weighted by molar-refractivity contribution is 0.414. The molecule has 0 saturated carbocycles. The number of rotatable bonds is 9. The van der Waals surface area contributed by atoms with Crippen LogP contribution < -0.4 is 20.1 Å². The Labute approximate surface area is 168 Å². The van der Waals surface area contributed by atoms with Crippen LogP contribution in [0.1, 0.15) is 5.69 Å². The Morgan fingerprint density at radius 1 is 1.03 bits per heavy atom. The number of sulfonamides is 1. The maximum Gasteiger partial charge on any atom is 0.240 e. The highest BCUT2D eigenvalue weighted by molar-refractivity contribution is 7.89. The van der Waals surface area contributed by atoms with E-state index in [2.05, 4.69) is 35.3 Å². The normalized spacial score (nSPS) is 11.1. The van der Waals surface area contributed by atoms with Crippen LogP contribution in [0, 0.1) is 6.92 Å². The molecule has 3 rings (SSSR count). The van der Waals surface area contributed by atoms with Crippen LogP contribution in [0.2, 0.25) is 0 Å². The highest BCUT2D eigenvalue weighted by atomic mass is 32.2. The first kappa shape index (κ1) is 20.4. The van der Waals surface area contributed by atoms with Gasteiger partial charge in [-0.1, -0.05) is 0 Å². The summed E-state index contributed by atoms with van der Waals surface area (Å²) in [5.74, 6) is 1.55. The number of hydrogen-bond donors (Lipinski definition) is 3. The molecule has 3 N–H and O–H groups in total. The van der Waals surface area contributed by atoms with Crippen molar-refractivity contribution in [2.45, 2.75) is 11.8 Å². The fourth-order valence-corrected chi connectivity index (χ4v) is 3.45. The van der Waals surface area contributed by atoms with Crippen molar-refractivity contribution in [3.8, 4) is 5.75 Å². The number of aromatic nitrogens is 4. The van der Waals surface area contributed by atoms with E-state index in [0.29, 0.717) is 29.7 Å². The van der Waals surface area contributed by atoms with Crippen molar-refractivity contribution in [2.24, 2.45) is 0 Å². The summed E-state index contributed by atoms with van der Waals surface area (Å²) < 4.78 is 32.2. The molecule has 0 aliphatic carbocycles. The van der Waals surface area contributed by atoms with E-state index in [-0.39, 0.29) is 11.4 Å². The Kier molecular flexibility index (Phi) is 6.52. The van der Waals surface area contributed by atoms with Gasteiger partial charge in [-0.25, -0.2) is 28.1 Å². The lowest BCUT2D eigenvalue weighted by atomic mass is 10.3. The zero-order valence-electron chi connectivity index (χ0n) is 16.0. The van der Waals surface area contributed by atoms with Gasteiger partial charge in [-0.05, 0) is 31.2 Å². The van der Waals surface area contributed by atoms with E-state index in [4.69, 9.17) is 4.74 Å². The van der Waals surface area contributed by atoms with E-state index in [9.17, 15) is 8.42 Å². The number of aryl methyl sites for hydroxylation is 1. The molecule has 10 nitrogen and oxygen atoms in total. The second kappa shape index (κ2) is 9.26. The number of anilines is 3. The van der Waals surface area contributed by atoms with Gasteiger partial charge < -0.3 is 15.4 Å². The Morgan fingerprint density at radius 3 is 2.45 bits per heavy atom. The van der Waals surface area contributed by atoms with E-state index in [0.717, 1.165) is 5.69 Å². The summed E-state index contributed by atoms with van der Waals surface area (Å²) in [7, 11) is -2.09. The summed E-state index contributed by atoms with van der Waals surface area (Å²) >= 11 is 0. The molecule has 0 amide bonds. The van der Waals surface area contributed by atoms with Crippen molar-refractivity contribution in [1.82, 2.24) is 24.7 Å². The van der Waals surface area contributed by atoms with E-state index in [1.165, 1.54) is 25.6 Å². The zero-order chi connectivity index (χ0) is 20.7. The molecule has 0 atom stereocenters. The molecule has 0 unspecified atom stereocenters. The molecule has 0 saturated heterocycles. The summed E-state index contributed by atoms with van der Waals surface area (Å²) in [6.07, 6.45) is 4.70. The highest BCUT2D eigenvalue weighted by Crippen LogP contribution is 2.16. The number of benzene rings is 1. The van der Waals surface area contributed by atoms with Gasteiger partial charge in [0.2, 0.25) is 16.0 Å². The molecule has 0 spiro atoms. The molecule has 29 heavy (non-hydrogen) atoms. The van der Waals surface area contributed by atoms with Crippen LogP contribution in [0.5, 0.6) is 5.75 Å². The lowest BCUT2D eigenvalue weighted by Gasteiger charge is -2.10. The van der Waals surface area contributed by atoms with E-state index in [1.54, 1.807) is 30.6 Å². The van der Waals surface area contributed by atoms with Crippen LogP contribution in [-0.2, 0) is 10.0 Å². The largest absolute Gasteiger partial charge is 0.497 e. The first-order chi connectivity index (χ1) is 14.0. The molecular formula is C18H21N7O3S. The molecule has 2 heterocycles. The van der Waals surface area contributed by atoms with Gasteiger partial charge in [0.15, 0.2) is 0 Å². The van der Waals surface area contributed by atoms with E-state index in [1.807, 2.05) is 6.92 Å². The van der Waals surface area contributed by atoms with E-state index < -0.39 is 10.0 Å². The minimum atomic E-state index is -3.61. The van der Waals surface area contributed by atoms with Gasteiger partial charge in [-0.2, -0.15) is 4.98 Å². The first-order valence-corrected chi connectivity index (χ1v) is 10.2. The summed E-state index contributed by atoms with van der Waals surface area (Å²) in [4.78, 5) is 16.7. The predicted octanol–water partition coefficient (Wildman–Crippen LogP) is 1.72. The fourth-order valence-electron chi connectivity index (χ4n) is 2.42. The monoisotopic (exact) mass is 415 g/mol. The van der Waals surface area contributed by atoms with E-state index >= 15 is 0 Å². The van der Waals surface area contributed by atoms with Gasteiger partial charge in [-0.3, -0.25) is 0 Å². The van der Waals surface area contributed by atoms with Gasteiger partial charge in [0.25, 0.3) is 0 Å². The van der Waals surface area contributed by atoms with Crippen LogP contribution in [0.3, 0.4) is 0 Å². The quantitative estimate of drug-likeness (QED) is 0.447. The van der Waals surface area contributed by atoms with Crippen LogP contribution >= 0.6 is 0 Å². The third-order valence-corrected chi connectivity index (χ3v) is 5.23. The van der Waals surface area contributed by atoms with Crippen molar-refractivity contribution in [3.05, 3.63) is 54.7 Å². The third-order valence-electron chi connectivity index (χ3n) is 3.76. The third kappa shape index (κ3) is 5.83. The molecule has 3 aromatic rings. The van der Waals surface area contributed by atoms with Gasteiger partial charge in [0, 0.05) is 24.8 Å². The minimum absolute atomic E-state index is 0.168. The summed E-state index contributed by atoms with van der Waals surface area (Å²) in [5, 5.41) is 6.11. The van der Waals surface area contributed by atoms with Crippen LogP contribution in [-0.4, -0.2) is 48.6 Å². The Hall–Kier alpha value is -3.31. The maximum atomic E-state index is 12.3. The molecule has 2 aromatic heterocycles. The summed E-state index contributed by atoms with van der Waals surface area (Å²) in [6, 6.07) is 7.96. The fraction of sp³-hybridized carbons (Fsp3) is 0.222. The smallest absolute Gasteiger partial charge is 0.240 e. The molecule has 11 heteroatoms. The Bertz CT molecular complexity index is 1040. The van der Waals surface area contributed by atoms with Crippen molar-refractivity contribution in [2.75, 3.05) is 30.8 Å². The number of methoxy groups -OCH3 is 1. The van der Waals surface area contributed by atoms with Crippen molar-refractivity contribution in [3.63, 3.8) is 0 Å².